The van der Waals surface area contributed by atoms with E-state index in [0.717, 1.165) is 5.56 Å². The van der Waals surface area contributed by atoms with Crippen LogP contribution < -0.4 is 11.1 Å². The first-order valence-corrected chi connectivity index (χ1v) is 9.92. The van der Waals surface area contributed by atoms with Gasteiger partial charge in [0.15, 0.2) is 5.82 Å². The third kappa shape index (κ3) is 5.27. The van der Waals surface area contributed by atoms with Crippen LogP contribution >= 0.6 is 0 Å². The van der Waals surface area contributed by atoms with Gasteiger partial charge in [0.1, 0.15) is 17.4 Å². The summed E-state index contributed by atoms with van der Waals surface area (Å²) in [6.45, 7) is 6.27. The number of nitrogens with one attached hydrogen (secondary N) is 1. The highest BCUT2D eigenvalue weighted by molar-refractivity contribution is 6.05. The second-order valence-electron chi connectivity index (χ2n) is 8.10. The Morgan fingerprint density at radius 2 is 1.97 bits per heavy atom. The van der Waals surface area contributed by atoms with E-state index < -0.39 is 11.7 Å². The number of hydrogen-bond donors (Lipinski definition) is 2. The minimum atomic E-state index is -0.551. The molecule has 3 aromatic heterocycles. The van der Waals surface area contributed by atoms with Gasteiger partial charge in [-0.3, -0.25) is 9.78 Å². The molecule has 0 aromatic carbocycles. The molecule has 0 aliphatic heterocycles. The first-order valence-electron chi connectivity index (χ1n) is 9.92. The zero-order valence-electron chi connectivity index (χ0n) is 18.1. The van der Waals surface area contributed by atoms with Gasteiger partial charge in [0, 0.05) is 38.1 Å². The molecular weight excluding hydrogens is 398 g/mol. The summed E-state index contributed by atoms with van der Waals surface area (Å²) >= 11 is 0. The number of rotatable bonds is 6. The van der Waals surface area contributed by atoms with Crippen molar-refractivity contribution in [2.45, 2.75) is 32.8 Å². The normalized spacial score (nSPS) is 11.4. The van der Waals surface area contributed by atoms with Crippen LogP contribution in [0, 0.1) is 0 Å². The van der Waals surface area contributed by atoms with E-state index in [2.05, 4.69) is 20.4 Å². The van der Waals surface area contributed by atoms with Crippen LogP contribution in [0.25, 0.3) is 16.8 Å². The Morgan fingerprint density at radius 3 is 2.65 bits per heavy atom. The van der Waals surface area contributed by atoms with Crippen LogP contribution in [-0.4, -0.2) is 62.2 Å². The molecule has 31 heavy (non-hydrogen) atoms. The lowest BCUT2D eigenvalue weighted by Gasteiger charge is -2.24. The number of carbonyl (C=O) groups excluding carboxylic acids is 2. The fraction of sp³-hybridized carbons (Fsp3) is 0.381. The molecule has 0 fully saturated rings. The van der Waals surface area contributed by atoms with E-state index in [4.69, 9.17) is 10.5 Å². The molecule has 0 unspecified atom stereocenters. The maximum Gasteiger partial charge on any atom is 0.410 e. The van der Waals surface area contributed by atoms with Gasteiger partial charge in [-0.15, -0.1) is 0 Å². The van der Waals surface area contributed by atoms with Crippen LogP contribution in [0.4, 0.5) is 10.6 Å². The number of fused-ring (bicyclic) bond motifs is 1. The molecule has 0 aliphatic carbocycles. The van der Waals surface area contributed by atoms with E-state index in [9.17, 15) is 9.59 Å². The average molecular weight is 425 g/mol. The van der Waals surface area contributed by atoms with Crippen molar-refractivity contribution in [3.05, 3.63) is 42.5 Å². The van der Waals surface area contributed by atoms with Crippen LogP contribution in [0.1, 0.15) is 37.6 Å². The van der Waals surface area contributed by atoms with Crippen molar-refractivity contribution in [2.75, 3.05) is 25.9 Å². The molecule has 3 rings (SSSR count). The maximum absolute atomic E-state index is 12.9. The Kier molecular flexibility index (Phi) is 6.38. The molecule has 0 saturated heterocycles. The predicted octanol–water partition coefficient (Wildman–Crippen LogP) is 2.36. The summed E-state index contributed by atoms with van der Waals surface area (Å²) in [6.07, 6.45) is 4.85. The number of hydrogen-bond acceptors (Lipinski definition) is 7. The summed E-state index contributed by atoms with van der Waals surface area (Å²) in [6, 6.07) is 5.39. The van der Waals surface area contributed by atoms with Crippen LogP contribution in [0.5, 0.6) is 0 Å². The lowest BCUT2D eigenvalue weighted by atomic mass is 10.1. The fourth-order valence-electron chi connectivity index (χ4n) is 3.01. The minimum Gasteiger partial charge on any atom is -0.444 e. The molecule has 10 nitrogen and oxygen atoms in total. The van der Waals surface area contributed by atoms with Gasteiger partial charge in [-0.1, -0.05) is 0 Å². The van der Waals surface area contributed by atoms with Crippen molar-refractivity contribution in [1.29, 1.82) is 0 Å². The Labute approximate surface area is 180 Å². The summed E-state index contributed by atoms with van der Waals surface area (Å²) in [5.74, 6) is -0.0793. The van der Waals surface area contributed by atoms with E-state index >= 15 is 0 Å². The average Bonchev–Trinajstić information content (AvgIpc) is 3.11. The second-order valence-corrected chi connectivity index (χ2v) is 8.10. The summed E-state index contributed by atoms with van der Waals surface area (Å²) in [5.41, 5.74) is 7.87. The summed E-state index contributed by atoms with van der Waals surface area (Å²) < 4.78 is 6.92. The highest BCUT2D eigenvalue weighted by Gasteiger charge is 2.21. The van der Waals surface area contributed by atoms with Gasteiger partial charge in [0.05, 0.1) is 11.3 Å². The molecule has 3 aromatic rings. The van der Waals surface area contributed by atoms with Crippen molar-refractivity contribution >= 4 is 23.3 Å². The number of aromatic nitrogens is 4. The van der Waals surface area contributed by atoms with Gasteiger partial charge in [-0.2, -0.15) is 5.10 Å². The van der Waals surface area contributed by atoms with Crippen LogP contribution in [0.2, 0.25) is 0 Å². The summed E-state index contributed by atoms with van der Waals surface area (Å²) in [5, 5.41) is 7.13. The Hall–Kier alpha value is -3.69. The first-order chi connectivity index (χ1) is 14.7. The molecule has 3 heterocycles. The topological polar surface area (TPSA) is 128 Å². The summed E-state index contributed by atoms with van der Waals surface area (Å²) in [7, 11) is 1.66. The number of nitrogens with two attached hydrogens (primary N) is 1. The monoisotopic (exact) mass is 425 g/mol. The summed E-state index contributed by atoms with van der Waals surface area (Å²) in [4.78, 5) is 34.4. The third-order valence-corrected chi connectivity index (χ3v) is 4.46. The number of ether oxygens (including phenoxy) is 1. The van der Waals surface area contributed by atoms with Gasteiger partial charge in [-0.05, 0) is 45.4 Å². The second kappa shape index (κ2) is 8.99. The van der Waals surface area contributed by atoms with Crippen molar-refractivity contribution in [2.24, 2.45) is 0 Å². The molecule has 0 saturated carbocycles. The van der Waals surface area contributed by atoms with Crippen molar-refractivity contribution < 1.29 is 14.3 Å². The number of amides is 2. The molecule has 0 radical (unpaired) electrons. The highest BCUT2D eigenvalue weighted by atomic mass is 16.6. The zero-order valence-corrected chi connectivity index (χ0v) is 18.1. The lowest BCUT2D eigenvalue weighted by molar-refractivity contribution is 0.0297. The number of anilines is 1. The van der Waals surface area contributed by atoms with Crippen LogP contribution in [0.15, 0.2) is 36.9 Å². The van der Waals surface area contributed by atoms with Crippen LogP contribution in [-0.2, 0) is 4.74 Å². The standard InChI is InChI=1S/C21H27N7O3/c1-21(2,3)31-20(30)27(4)11-5-8-24-19(29)15-12-16(14-6-9-23-10-7-14)28-17(15)18(22)25-13-26-28/h6-7,9-10,12-13H,5,8,11H2,1-4H3,(H,24,29)(H2,22,25,26). The van der Waals surface area contributed by atoms with E-state index in [1.807, 2.05) is 32.9 Å². The molecule has 0 atom stereocenters. The van der Waals surface area contributed by atoms with Gasteiger partial charge in [0.25, 0.3) is 5.91 Å². The predicted molar refractivity (Wildman–Crippen MR) is 116 cm³/mol. The number of carbonyl (C=O) groups is 2. The third-order valence-electron chi connectivity index (χ3n) is 4.46. The van der Waals surface area contributed by atoms with Crippen molar-refractivity contribution in [3.63, 3.8) is 0 Å². The molecule has 0 spiro atoms. The van der Waals surface area contributed by atoms with E-state index in [0.29, 0.717) is 36.3 Å². The van der Waals surface area contributed by atoms with Gasteiger partial charge < -0.3 is 20.7 Å². The Balaban J connectivity index is 1.69. The van der Waals surface area contributed by atoms with Gasteiger partial charge >= 0.3 is 6.09 Å². The molecule has 10 heteroatoms. The largest absolute Gasteiger partial charge is 0.444 e. The molecule has 0 aliphatic rings. The van der Waals surface area contributed by atoms with Crippen molar-refractivity contribution in [1.82, 2.24) is 29.8 Å². The minimum absolute atomic E-state index is 0.213. The van der Waals surface area contributed by atoms with Gasteiger partial charge in [0.2, 0.25) is 0 Å². The maximum atomic E-state index is 12.9. The van der Waals surface area contributed by atoms with Crippen molar-refractivity contribution in [3.8, 4) is 11.3 Å². The SMILES string of the molecule is CN(CCCNC(=O)c1cc(-c2ccncc2)n2ncnc(N)c12)C(=O)OC(C)(C)C. The first kappa shape index (κ1) is 22.0. The number of nitrogens with zero attached hydrogens (tertiary/aromatic N) is 5. The van der Waals surface area contributed by atoms with Gasteiger partial charge in [-0.25, -0.2) is 14.3 Å². The van der Waals surface area contributed by atoms with E-state index in [1.165, 1.54) is 11.2 Å². The highest BCUT2D eigenvalue weighted by Crippen LogP contribution is 2.27. The molecule has 3 N–H and O–H groups in total. The lowest BCUT2D eigenvalue weighted by Crippen LogP contribution is -2.36. The molecular formula is C21H27N7O3. The Bertz CT molecular complexity index is 1070. The smallest absolute Gasteiger partial charge is 0.410 e. The van der Waals surface area contributed by atoms with E-state index in [-0.39, 0.29) is 11.7 Å². The fourth-order valence-corrected chi connectivity index (χ4v) is 3.01. The molecule has 0 bridgehead atoms. The van der Waals surface area contributed by atoms with E-state index in [1.54, 1.807) is 30.0 Å². The number of nitrogen functional groups attached to an aromatic ring is 1. The Morgan fingerprint density at radius 1 is 1.26 bits per heavy atom. The molecule has 2 amide bonds. The van der Waals surface area contributed by atoms with Crippen LogP contribution in [0.3, 0.4) is 0 Å². The molecule has 164 valence electrons. The number of pyridine rings is 1. The zero-order chi connectivity index (χ0) is 22.6. The quantitative estimate of drug-likeness (QED) is 0.580.